The molecule has 178 valence electrons. The Balaban J connectivity index is 0.00000512. The van der Waals surface area contributed by atoms with Crippen molar-refractivity contribution in [3.63, 3.8) is 0 Å². The van der Waals surface area contributed by atoms with E-state index in [1.807, 2.05) is 0 Å². The number of nitrogen functional groups attached to an aromatic ring is 1. The fraction of sp³-hybridized carbons (Fsp3) is 0.714. The van der Waals surface area contributed by atoms with Crippen molar-refractivity contribution in [2.24, 2.45) is 0 Å². The van der Waals surface area contributed by atoms with E-state index in [-0.39, 0.29) is 42.0 Å². The smallest absolute Gasteiger partial charge is 0.387 e. The minimum absolute atomic E-state index is 0. The molecule has 2 heterocycles. The van der Waals surface area contributed by atoms with Crippen LogP contribution >= 0.6 is 15.6 Å². The van der Waals surface area contributed by atoms with E-state index in [0.29, 0.717) is 11.0 Å². The maximum absolute atomic E-state index is 12.7. The van der Waals surface area contributed by atoms with Crippen molar-refractivity contribution >= 4 is 21.5 Å². The van der Waals surface area contributed by atoms with Gasteiger partial charge in [0.15, 0.2) is 6.23 Å². The molecule has 1 aliphatic rings. The van der Waals surface area contributed by atoms with Crippen LogP contribution in [0.2, 0.25) is 0 Å². The molecular weight excluding hydrogens is 485 g/mol. The summed E-state index contributed by atoms with van der Waals surface area (Å²) < 4.78 is 44.6. The van der Waals surface area contributed by atoms with Crippen LogP contribution < -0.4 is 41.0 Å². The molecule has 1 aliphatic heterocycles. The van der Waals surface area contributed by atoms with E-state index in [2.05, 4.69) is 9.29 Å². The number of likely N-dealkylation sites (N-methyl/N-ethyl adjacent to an activating group) is 1. The van der Waals surface area contributed by atoms with E-state index in [4.69, 9.17) is 29.3 Å². The van der Waals surface area contributed by atoms with E-state index in [0.717, 1.165) is 4.57 Å². The zero-order valence-electron chi connectivity index (χ0n) is 18.0. The summed E-state index contributed by atoms with van der Waals surface area (Å²) in [7, 11) is -4.63. The van der Waals surface area contributed by atoms with Gasteiger partial charge in [-0.25, -0.2) is 13.9 Å². The Morgan fingerprint density at radius 2 is 1.84 bits per heavy atom. The summed E-state index contributed by atoms with van der Waals surface area (Å²) >= 11 is 0. The molecule has 6 N–H and O–H groups in total. The summed E-state index contributed by atoms with van der Waals surface area (Å²) in [6.45, 7) is -0.672. The molecule has 2 rings (SSSR count). The SMILES string of the molecule is C[N+](C)(C)CCOP(=O)(OC[C@H]1O[C@@H](n2ccc(N)nc2=O)[C@H](O)[C@@H]1O)OP(=O)(O)O.[Na+]. The van der Waals surface area contributed by atoms with E-state index in [9.17, 15) is 24.1 Å². The average molecular weight is 512 g/mol. The number of nitrogens with two attached hydrogens (primary N) is 1. The number of aliphatic hydroxyl groups excluding tert-OH is 2. The molecule has 0 aromatic carbocycles. The number of anilines is 1. The largest absolute Gasteiger partial charge is 1.00 e. The van der Waals surface area contributed by atoms with Gasteiger partial charge in [-0.3, -0.25) is 13.6 Å². The molecule has 1 aromatic rings. The number of aromatic nitrogens is 2. The Bertz CT molecular complexity index is 921. The number of nitrogens with zero attached hydrogens (tertiary/aromatic N) is 3. The van der Waals surface area contributed by atoms with Crippen LogP contribution in [0, 0.1) is 0 Å². The third-order valence-corrected chi connectivity index (χ3v) is 6.69. The van der Waals surface area contributed by atoms with Crippen LogP contribution in [0.25, 0.3) is 0 Å². The predicted molar refractivity (Wildman–Crippen MR) is 104 cm³/mol. The summed E-state index contributed by atoms with van der Waals surface area (Å²) in [5.41, 5.74) is 4.56. The second-order valence-electron chi connectivity index (χ2n) is 7.75. The van der Waals surface area contributed by atoms with Gasteiger partial charge in [0.25, 0.3) is 0 Å². The Hall–Kier alpha value is -0.220. The van der Waals surface area contributed by atoms with Crippen molar-refractivity contribution in [2.45, 2.75) is 24.5 Å². The molecular formula is C14H27N4NaO11P2+2. The van der Waals surface area contributed by atoms with Crippen LogP contribution in [-0.2, 0) is 27.2 Å². The molecule has 1 saturated heterocycles. The fourth-order valence-electron chi connectivity index (χ4n) is 2.52. The predicted octanol–water partition coefficient (Wildman–Crippen LogP) is -4.59. The Kier molecular flexibility index (Phi) is 10.7. The summed E-state index contributed by atoms with van der Waals surface area (Å²) in [5, 5.41) is 20.4. The molecule has 1 unspecified atom stereocenters. The summed E-state index contributed by atoms with van der Waals surface area (Å²) in [6, 6.07) is 1.28. The molecule has 18 heteroatoms. The standard InChI is InChI=1S/C14H26N4O11P2.Na/c1-18(2,3)6-7-26-31(25,29-30(22,23)24)27-8-9-11(19)12(20)13(28-9)17-5-4-10(15)16-14(17)21;/h4-5,9,11-13,19-20H,6-8H2,1-3H3,(H3-,15,16,21,22,23,24);/q;+1/p+1/t9-,11-,12-,13-,31?;/m1./s1. The van der Waals surface area contributed by atoms with Gasteiger partial charge in [-0.15, -0.1) is 0 Å². The number of quaternary nitrogens is 1. The first kappa shape index (κ1) is 29.8. The van der Waals surface area contributed by atoms with E-state index in [1.165, 1.54) is 12.3 Å². The molecule has 1 aromatic heterocycles. The summed E-state index contributed by atoms with van der Waals surface area (Å²) in [6.07, 6.45) is -4.72. The first-order chi connectivity index (χ1) is 14.1. The van der Waals surface area contributed by atoms with Gasteiger partial charge in [0, 0.05) is 6.20 Å². The first-order valence-corrected chi connectivity index (χ1v) is 11.9. The molecule has 0 bridgehead atoms. The maximum atomic E-state index is 12.7. The average Bonchev–Trinajstić information content (AvgIpc) is 2.86. The first-order valence-electron chi connectivity index (χ1n) is 8.93. The number of aliphatic hydroxyl groups is 2. The summed E-state index contributed by atoms with van der Waals surface area (Å²) in [5.74, 6) is -0.0595. The van der Waals surface area contributed by atoms with Crippen LogP contribution in [0.4, 0.5) is 5.82 Å². The normalized spacial score (nSPS) is 25.8. The van der Waals surface area contributed by atoms with E-state index < -0.39 is 52.5 Å². The van der Waals surface area contributed by atoms with Gasteiger partial charge in [0.1, 0.15) is 37.3 Å². The van der Waals surface area contributed by atoms with Gasteiger partial charge < -0.3 is 35.0 Å². The van der Waals surface area contributed by atoms with Crippen molar-refractivity contribution in [3.8, 4) is 0 Å². The van der Waals surface area contributed by atoms with Crippen LogP contribution in [-0.4, -0.2) is 93.2 Å². The second kappa shape index (κ2) is 11.5. The van der Waals surface area contributed by atoms with Crippen molar-refractivity contribution < 1.29 is 81.3 Å². The number of phosphoric acid groups is 2. The van der Waals surface area contributed by atoms with E-state index >= 15 is 0 Å². The maximum Gasteiger partial charge on any atom is 1.00 e. The number of hydrogen-bond acceptors (Lipinski definition) is 11. The molecule has 5 atom stereocenters. The molecule has 0 amide bonds. The number of rotatable bonds is 10. The van der Waals surface area contributed by atoms with Gasteiger partial charge in [-0.05, 0) is 6.07 Å². The minimum Gasteiger partial charge on any atom is -0.387 e. The Labute approximate surface area is 205 Å². The van der Waals surface area contributed by atoms with Crippen LogP contribution in [0.5, 0.6) is 0 Å². The molecule has 1 fully saturated rings. The van der Waals surface area contributed by atoms with Crippen molar-refractivity contribution in [2.75, 3.05) is 46.6 Å². The summed E-state index contributed by atoms with van der Waals surface area (Å²) in [4.78, 5) is 33.5. The molecule has 0 radical (unpaired) electrons. The third-order valence-electron chi connectivity index (χ3n) is 4.08. The van der Waals surface area contributed by atoms with Gasteiger partial charge in [0.05, 0.1) is 27.7 Å². The van der Waals surface area contributed by atoms with Crippen LogP contribution in [0.15, 0.2) is 17.1 Å². The van der Waals surface area contributed by atoms with Crippen molar-refractivity contribution in [1.82, 2.24) is 9.55 Å². The van der Waals surface area contributed by atoms with Crippen LogP contribution in [0.3, 0.4) is 0 Å². The molecule has 15 nitrogen and oxygen atoms in total. The Morgan fingerprint density at radius 3 is 2.38 bits per heavy atom. The topological polar surface area (TPSA) is 213 Å². The van der Waals surface area contributed by atoms with Crippen molar-refractivity contribution in [3.05, 3.63) is 22.7 Å². The second-order valence-corrected chi connectivity index (χ2v) is 10.8. The zero-order valence-corrected chi connectivity index (χ0v) is 21.8. The van der Waals surface area contributed by atoms with Crippen LogP contribution in [0.1, 0.15) is 6.23 Å². The molecule has 0 aliphatic carbocycles. The Morgan fingerprint density at radius 1 is 1.22 bits per heavy atom. The van der Waals surface area contributed by atoms with Gasteiger partial charge in [-0.2, -0.15) is 9.29 Å². The number of phosphoric ester groups is 1. The van der Waals surface area contributed by atoms with Gasteiger partial charge in [0.2, 0.25) is 0 Å². The molecule has 0 saturated carbocycles. The molecule has 0 spiro atoms. The fourth-order valence-corrected chi connectivity index (χ4v) is 4.65. The van der Waals surface area contributed by atoms with Gasteiger partial charge in [-0.1, -0.05) is 0 Å². The minimum atomic E-state index is -5.26. The zero-order chi connectivity index (χ0) is 23.6. The number of ether oxygens (including phenoxy) is 1. The number of hydrogen-bond donors (Lipinski definition) is 5. The van der Waals surface area contributed by atoms with Gasteiger partial charge >= 0.3 is 50.9 Å². The monoisotopic (exact) mass is 512 g/mol. The molecule has 32 heavy (non-hydrogen) atoms. The van der Waals surface area contributed by atoms with E-state index in [1.54, 1.807) is 21.1 Å². The quantitative estimate of drug-likeness (QED) is 0.114. The van der Waals surface area contributed by atoms with Crippen molar-refractivity contribution in [1.29, 1.82) is 0 Å². The third kappa shape index (κ3) is 8.85.